The molecule has 1 atom stereocenters. The molecular weight excluding hydrogens is 234 g/mol. The van der Waals surface area contributed by atoms with Crippen LogP contribution in [0.25, 0.3) is 0 Å². The highest BCUT2D eigenvalue weighted by Crippen LogP contribution is 2.22. The minimum Gasteiger partial charge on any atom is -0.299 e. The summed E-state index contributed by atoms with van der Waals surface area (Å²) in [6, 6.07) is 5.09. The monoisotopic (exact) mass is 259 g/mol. The third-order valence-electron chi connectivity index (χ3n) is 4.63. The highest BCUT2D eigenvalue weighted by molar-refractivity contribution is 5.19. The lowest BCUT2D eigenvalue weighted by molar-refractivity contribution is 0.213. The predicted molar refractivity (Wildman–Crippen MR) is 78.1 cm³/mol. The molecule has 0 saturated carbocycles. The molecule has 0 bridgehead atoms. The molecule has 2 aliphatic heterocycles. The third-order valence-corrected chi connectivity index (χ3v) is 4.63. The lowest BCUT2D eigenvalue weighted by Gasteiger charge is -2.25. The number of nitrogens with zero attached hydrogens (tertiary/aromatic N) is 3. The van der Waals surface area contributed by atoms with Crippen LogP contribution < -0.4 is 0 Å². The van der Waals surface area contributed by atoms with Gasteiger partial charge in [-0.1, -0.05) is 13.0 Å². The van der Waals surface area contributed by atoms with E-state index in [2.05, 4.69) is 33.8 Å². The topological polar surface area (TPSA) is 19.4 Å². The number of hydrogen-bond donors (Lipinski definition) is 0. The summed E-state index contributed by atoms with van der Waals surface area (Å²) in [6.07, 6.45) is 7.12. The van der Waals surface area contributed by atoms with Crippen LogP contribution in [-0.4, -0.2) is 47.0 Å². The molecule has 0 aromatic carbocycles. The standard InChI is InChI=1S/C16H25N3/c1-2-14-6-3-8-17-16(14)13-18-9-5-11-19-10-4-7-15(19)12-18/h3,6,8,15H,2,4-5,7,9-13H2,1H3. The van der Waals surface area contributed by atoms with Crippen LogP contribution in [0.3, 0.4) is 0 Å². The number of pyridine rings is 1. The number of aryl methyl sites for hydroxylation is 1. The SMILES string of the molecule is CCc1cccnc1CN1CCCN2CCCC2C1. The van der Waals surface area contributed by atoms with Crippen LogP contribution in [0.15, 0.2) is 18.3 Å². The van der Waals surface area contributed by atoms with Gasteiger partial charge < -0.3 is 0 Å². The first-order chi connectivity index (χ1) is 9.36. The molecule has 2 aliphatic rings. The highest BCUT2D eigenvalue weighted by atomic mass is 15.3. The Morgan fingerprint density at radius 1 is 1.26 bits per heavy atom. The Bertz CT molecular complexity index is 418. The van der Waals surface area contributed by atoms with E-state index in [0.29, 0.717) is 0 Å². The third kappa shape index (κ3) is 2.98. The molecular formula is C16H25N3. The maximum atomic E-state index is 4.60. The Labute approximate surface area is 116 Å². The van der Waals surface area contributed by atoms with E-state index in [1.807, 2.05) is 6.20 Å². The summed E-state index contributed by atoms with van der Waals surface area (Å²) in [6.45, 7) is 8.34. The first-order valence-corrected chi connectivity index (χ1v) is 7.76. The lowest BCUT2D eigenvalue weighted by atomic mass is 10.1. The van der Waals surface area contributed by atoms with Gasteiger partial charge in [0.15, 0.2) is 0 Å². The largest absolute Gasteiger partial charge is 0.299 e. The molecule has 1 unspecified atom stereocenters. The number of hydrogen-bond acceptors (Lipinski definition) is 3. The van der Waals surface area contributed by atoms with Crippen LogP contribution in [-0.2, 0) is 13.0 Å². The van der Waals surface area contributed by atoms with Crippen LogP contribution in [0.2, 0.25) is 0 Å². The molecule has 3 heteroatoms. The Balaban J connectivity index is 1.68. The van der Waals surface area contributed by atoms with E-state index in [0.717, 1.165) is 19.0 Å². The fourth-order valence-corrected chi connectivity index (χ4v) is 3.57. The highest BCUT2D eigenvalue weighted by Gasteiger charge is 2.28. The summed E-state index contributed by atoms with van der Waals surface area (Å²) >= 11 is 0. The number of fused-ring (bicyclic) bond motifs is 1. The normalized spacial score (nSPS) is 25.2. The fourth-order valence-electron chi connectivity index (χ4n) is 3.57. The molecule has 0 amide bonds. The molecule has 19 heavy (non-hydrogen) atoms. The predicted octanol–water partition coefficient (Wildman–Crippen LogP) is 2.31. The van der Waals surface area contributed by atoms with Gasteiger partial charge in [-0.25, -0.2) is 0 Å². The summed E-state index contributed by atoms with van der Waals surface area (Å²) in [4.78, 5) is 9.92. The molecule has 0 aliphatic carbocycles. The van der Waals surface area contributed by atoms with E-state index < -0.39 is 0 Å². The summed E-state index contributed by atoms with van der Waals surface area (Å²) < 4.78 is 0. The molecule has 2 saturated heterocycles. The van der Waals surface area contributed by atoms with E-state index in [1.165, 1.54) is 56.7 Å². The van der Waals surface area contributed by atoms with Crippen molar-refractivity contribution in [3.8, 4) is 0 Å². The summed E-state index contributed by atoms with van der Waals surface area (Å²) in [5.74, 6) is 0. The summed E-state index contributed by atoms with van der Waals surface area (Å²) in [5, 5.41) is 0. The summed E-state index contributed by atoms with van der Waals surface area (Å²) in [7, 11) is 0. The van der Waals surface area contributed by atoms with Crippen LogP contribution in [0, 0.1) is 0 Å². The van der Waals surface area contributed by atoms with Gasteiger partial charge in [0.1, 0.15) is 0 Å². The average Bonchev–Trinajstić information content (AvgIpc) is 2.78. The minimum absolute atomic E-state index is 0.802. The average molecular weight is 259 g/mol. The summed E-state index contributed by atoms with van der Waals surface area (Å²) in [5.41, 5.74) is 2.70. The van der Waals surface area contributed by atoms with Crippen LogP contribution in [0.1, 0.15) is 37.4 Å². The first-order valence-electron chi connectivity index (χ1n) is 7.76. The van der Waals surface area contributed by atoms with E-state index in [9.17, 15) is 0 Å². The van der Waals surface area contributed by atoms with Crippen molar-refractivity contribution in [2.45, 2.75) is 45.2 Å². The quantitative estimate of drug-likeness (QED) is 0.830. The van der Waals surface area contributed by atoms with Crippen molar-refractivity contribution < 1.29 is 0 Å². The van der Waals surface area contributed by atoms with Crippen molar-refractivity contribution in [1.29, 1.82) is 0 Å². The number of aromatic nitrogens is 1. The van der Waals surface area contributed by atoms with Crippen molar-refractivity contribution in [2.75, 3.05) is 26.2 Å². The molecule has 3 rings (SSSR count). The fraction of sp³-hybridized carbons (Fsp3) is 0.688. The van der Waals surface area contributed by atoms with E-state index in [-0.39, 0.29) is 0 Å². The Kier molecular flexibility index (Phi) is 4.14. The maximum absolute atomic E-state index is 4.60. The van der Waals surface area contributed by atoms with Gasteiger partial charge in [-0.3, -0.25) is 14.8 Å². The van der Waals surface area contributed by atoms with Gasteiger partial charge in [0, 0.05) is 25.3 Å². The molecule has 1 aromatic rings. The van der Waals surface area contributed by atoms with Gasteiger partial charge in [0.25, 0.3) is 0 Å². The maximum Gasteiger partial charge on any atom is 0.0575 e. The molecule has 3 nitrogen and oxygen atoms in total. The van der Waals surface area contributed by atoms with Gasteiger partial charge >= 0.3 is 0 Å². The van der Waals surface area contributed by atoms with Crippen molar-refractivity contribution in [1.82, 2.24) is 14.8 Å². The van der Waals surface area contributed by atoms with Crippen LogP contribution in [0.4, 0.5) is 0 Å². The molecule has 1 aromatic heterocycles. The zero-order chi connectivity index (χ0) is 13.1. The molecule has 2 fully saturated rings. The Hall–Kier alpha value is -0.930. The second-order valence-corrected chi connectivity index (χ2v) is 5.88. The molecule has 0 N–H and O–H groups in total. The van der Waals surface area contributed by atoms with Crippen molar-refractivity contribution >= 4 is 0 Å². The second-order valence-electron chi connectivity index (χ2n) is 5.88. The Morgan fingerprint density at radius 3 is 3.05 bits per heavy atom. The second kappa shape index (κ2) is 6.02. The van der Waals surface area contributed by atoms with Gasteiger partial charge in [-0.2, -0.15) is 0 Å². The van der Waals surface area contributed by atoms with Gasteiger partial charge in [-0.05, 0) is 56.9 Å². The van der Waals surface area contributed by atoms with Crippen molar-refractivity contribution in [2.24, 2.45) is 0 Å². The van der Waals surface area contributed by atoms with Gasteiger partial charge in [0.05, 0.1) is 5.69 Å². The molecule has 0 spiro atoms. The zero-order valence-corrected chi connectivity index (χ0v) is 12.0. The van der Waals surface area contributed by atoms with Crippen LogP contribution >= 0.6 is 0 Å². The van der Waals surface area contributed by atoms with E-state index in [1.54, 1.807) is 0 Å². The molecule has 0 radical (unpaired) electrons. The van der Waals surface area contributed by atoms with E-state index >= 15 is 0 Å². The zero-order valence-electron chi connectivity index (χ0n) is 12.0. The smallest absolute Gasteiger partial charge is 0.0575 e. The van der Waals surface area contributed by atoms with Crippen LogP contribution in [0.5, 0.6) is 0 Å². The molecule has 3 heterocycles. The molecule has 104 valence electrons. The number of rotatable bonds is 3. The lowest BCUT2D eigenvalue weighted by Crippen LogP contribution is -2.36. The Morgan fingerprint density at radius 2 is 2.16 bits per heavy atom. The first kappa shape index (κ1) is 13.1. The minimum atomic E-state index is 0.802. The van der Waals surface area contributed by atoms with E-state index in [4.69, 9.17) is 0 Å². The van der Waals surface area contributed by atoms with Gasteiger partial charge in [0.2, 0.25) is 0 Å². The van der Waals surface area contributed by atoms with Crippen molar-refractivity contribution in [3.05, 3.63) is 29.6 Å². The van der Waals surface area contributed by atoms with Crippen molar-refractivity contribution in [3.63, 3.8) is 0 Å². The van der Waals surface area contributed by atoms with Gasteiger partial charge in [-0.15, -0.1) is 0 Å².